The molecule has 3 aromatic rings. The van der Waals surface area contributed by atoms with E-state index < -0.39 is 0 Å². The molecule has 0 amide bonds. The number of morpholine rings is 1. The van der Waals surface area contributed by atoms with Crippen LogP contribution in [-0.4, -0.2) is 52.9 Å². The van der Waals surface area contributed by atoms with Gasteiger partial charge in [0.15, 0.2) is 0 Å². The molecule has 0 unspecified atom stereocenters. The summed E-state index contributed by atoms with van der Waals surface area (Å²) in [5, 5.41) is 10.8. The van der Waals surface area contributed by atoms with Crippen molar-refractivity contribution in [2.45, 2.75) is 12.6 Å². The molecule has 2 N–H and O–H groups in total. The van der Waals surface area contributed by atoms with Gasteiger partial charge in [0, 0.05) is 55.7 Å². The third-order valence-corrected chi connectivity index (χ3v) is 5.06. The molecule has 2 aromatic heterocycles. The Bertz CT molecular complexity index is 862. The second kappa shape index (κ2) is 9.05. The summed E-state index contributed by atoms with van der Waals surface area (Å²) < 4.78 is 18.7. The summed E-state index contributed by atoms with van der Waals surface area (Å²) in [6.07, 6.45) is 5.55. The van der Waals surface area contributed by atoms with Crippen molar-refractivity contribution in [1.29, 1.82) is 0 Å². The van der Waals surface area contributed by atoms with E-state index >= 15 is 0 Å². The topological polar surface area (TPSA) is 66.1 Å². The quantitative estimate of drug-likeness (QED) is 0.659. The second-order valence-electron chi connectivity index (χ2n) is 6.86. The molecule has 1 atom stereocenters. The number of hydrogen-bond acceptors (Lipinski definition) is 5. The highest BCUT2D eigenvalue weighted by Crippen LogP contribution is 2.23. The number of pyridine rings is 1. The monoisotopic (exact) mass is 381 g/mol. The molecule has 0 aliphatic carbocycles. The first kappa shape index (κ1) is 18.7. The van der Waals surface area contributed by atoms with Crippen LogP contribution in [0.5, 0.6) is 0 Å². The second-order valence-corrected chi connectivity index (χ2v) is 6.86. The highest BCUT2D eigenvalue weighted by molar-refractivity contribution is 5.62. The highest BCUT2D eigenvalue weighted by Gasteiger charge is 2.22. The third-order valence-electron chi connectivity index (χ3n) is 5.06. The van der Waals surface area contributed by atoms with E-state index in [1.54, 1.807) is 18.3 Å². The fraction of sp³-hybridized carbons (Fsp3) is 0.333. The Balaban J connectivity index is 1.44. The first-order valence-electron chi connectivity index (χ1n) is 9.52. The number of nitrogens with zero attached hydrogens (tertiary/aromatic N) is 3. The SMILES string of the molecule is Fc1ccc(-c2[nH]ncc2CNC[C@H](c2cccnc2)N2CCOCC2)cc1. The standard InChI is InChI=1S/C21H24FN5O/c22-19-5-3-16(4-6-19)21-18(14-25-26-21)13-24-15-20(17-2-1-7-23-12-17)27-8-10-28-11-9-27/h1-7,12,14,20,24H,8-11,13,15H2,(H,25,26)/t20-/m1/s1. The lowest BCUT2D eigenvalue weighted by Gasteiger charge is -2.34. The van der Waals surface area contributed by atoms with Crippen molar-refractivity contribution in [2.75, 3.05) is 32.8 Å². The Morgan fingerprint density at radius 2 is 1.96 bits per heavy atom. The molecule has 0 spiro atoms. The van der Waals surface area contributed by atoms with Gasteiger partial charge in [-0.05, 0) is 35.9 Å². The molecular weight excluding hydrogens is 357 g/mol. The molecule has 3 heterocycles. The molecule has 6 nitrogen and oxygen atoms in total. The smallest absolute Gasteiger partial charge is 0.123 e. The lowest BCUT2D eigenvalue weighted by molar-refractivity contribution is 0.0160. The number of benzene rings is 1. The first-order chi connectivity index (χ1) is 13.8. The highest BCUT2D eigenvalue weighted by atomic mass is 19.1. The molecule has 1 aromatic carbocycles. The average molecular weight is 381 g/mol. The maximum Gasteiger partial charge on any atom is 0.123 e. The van der Waals surface area contributed by atoms with Crippen molar-refractivity contribution < 1.29 is 9.13 Å². The van der Waals surface area contributed by atoms with Crippen LogP contribution < -0.4 is 5.32 Å². The van der Waals surface area contributed by atoms with Gasteiger partial charge in [-0.2, -0.15) is 5.10 Å². The molecule has 0 radical (unpaired) electrons. The van der Waals surface area contributed by atoms with Crippen LogP contribution in [0.2, 0.25) is 0 Å². The zero-order chi connectivity index (χ0) is 19.2. The van der Waals surface area contributed by atoms with Gasteiger partial charge in [-0.1, -0.05) is 6.07 Å². The average Bonchev–Trinajstić information content (AvgIpc) is 3.21. The van der Waals surface area contributed by atoms with Crippen LogP contribution in [0.25, 0.3) is 11.3 Å². The van der Waals surface area contributed by atoms with E-state index in [-0.39, 0.29) is 11.9 Å². The van der Waals surface area contributed by atoms with Crippen LogP contribution in [0.4, 0.5) is 4.39 Å². The van der Waals surface area contributed by atoms with Crippen molar-refractivity contribution in [1.82, 2.24) is 25.4 Å². The fourth-order valence-electron chi connectivity index (χ4n) is 3.58. The molecule has 7 heteroatoms. The van der Waals surface area contributed by atoms with Gasteiger partial charge >= 0.3 is 0 Å². The van der Waals surface area contributed by atoms with Gasteiger partial charge in [0.1, 0.15) is 5.82 Å². The zero-order valence-corrected chi connectivity index (χ0v) is 15.6. The number of aromatic nitrogens is 3. The van der Waals surface area contributed by atoms with Crippen LogP contribution in [0.15, 0.2) is 55.0 Å². The predicted molar refractivity (Wildman–Crippen MR) is 105 cm³/mol. The van der Waals surface area contributed by atoms with Crippen molar-refractivity contribution in [3.63, 3.8) is 0 Å². The van der Waals surface area contributed by atoms with Crippen molar-refractivity contribution >= 4 is 0 Å². The molecule has 0 saturated carbocycles. The van der Waals surface area contributed by atoms with Gasteiger partial charge in [0.25, 0.3) is 0 Å². The van der Waals surface area contributed by atoms with E-state index in [1.807, 2.05) is 18.5 Å². The number of H-pyrrole nitrogens is 1. The Hall–Kier alpha value is -2.61. The normalized spacial score (nSPS) is 16.2. The summed E-state index contributed by atoms with van der Waals surface area (Å²) >= 11 is 0. The van der Waals surface area contributed by atoms with Crippen LogP contribution in [0.3, 0.4) is 0 Å². The van der Waals surface area contributed by atoms with E-state index in [0.717, 1.165) is 49.7 Å². The number of nitrogens with one attached hydrogen (secondary N) is 2. The Morgan fingerprint density at radius 1 is 1.14 bits per heavy atom. The lowest BCUT2D eigenvalue weighted by Crippen LogP contribution is -2.42. The fourth-order valence-corrected chi connectivity index (χ4v) is 3.58. The molecular formula is C21H24FN5O. The maximum atomic E-state index is 13.2. The number of halogens is 1. The van der Waals surface area contributed by atoms with E-state index in [2.05, 4.69) is 31.5 Å². The summed E-state index contributed by atoms with van der Waals surface area (Å²) in [7, 11) is 0. The summed E-state index contributed by atoms with van der Waals surface area (Å²) in [6.45, 7) is 4.80. The predicted octanol–water partition coefficient (Wildman–Crippen LogP) is 2.77. The molecule has 1 aliphatic heterocycles. The molecule has 28 heavy (non-hydrogen) atoms. The number of ether oxygens (including phenoxy) is 1. The van der Waals surface area contributed by atoms with Crippen molar-refractivity contribution in [3.8, 4) is 11.3 Å². The minimum atomic E-state index is -0.243. The first-order valence-corrected chi connectivity index (χ1v) is 9.52. The molecule has 1 fully saturated rings. The van der Waals surface area contributed by atoms with E-state index in [1.165, 1.54) is 17.7 Å². The van der Waals surface area contributed by atoms with E-state index in [9.17, 15) is 4.39 Å². The van der Waals surface area contributed by atoms with Gasteiger partial charge < -0.3 is 10.1 Å². The number of aromatic amines is 1. The Kier molecular flexibility index (Phi) is 6.06. The number of hydrogen-bond donors (Lipinski definition) is 2. The summed E-state index contributed by atoms with van der Waals surface area (Å²) in [5.74, 6) is -0.243. The largest absolute Gasteiger partial charge is 0.379 e. The van der Waals surface area contributed by atoms with E-state index in [0.29, 0.717) is 6.54 Å². The van der Waals surface area contributed by atoms with Crippen LogP contribution in [0.1, 0.15) is 17.2 Å². The van der Waals surface area contributed by atoms with Gasteiger partial charge in [0.2, 0.25) is 0 Å². The summed E-state index contributed by atoms with van der Waals surface area (Å²) in [4.78, 5) is 6.72. The minimum absolute atomic E-state index is 0.235. The van der Waals surface area contributed by atoms with Crippen molar-refractivity contribution in [2.24, 2.45) is 0 Å². The van der Waals surface area contributed by atoms with Gasteiger partial charge in [-0.3, -0.25) is 15.0 Å². The Morgan fingerprint density at radius 3 is 2.71 bits per heavy atom. The molecule has 146 valence electrons. The molecule has 1 saturated heterocycles. The lowest BCUT2D eigenvalue weighted by atomic mass is 10.1. The van der Waals surface area contributed by atoms with Gasteiger partial charge in [0.05, 0.1) is 25.1 Å². The van der Waals surface area contributed by atoms with Crippen molar-refractivity contribution in [3.05, 3.63) is 71.9 Å². The summed E-state index contributed by atoms with van der Waals surface area (Å²) in [5.41, 5.74) is 4.09. The number of rotatable bonds is 7. The molecule has 1 aliphatic rings. The van der Waals surface area contributed by atoms with Crippen LogP contribution in [-0.2, 0) is 11.3 Å². The molecule has 0 bridgehead atoms. The zero-order valence-electron chi connectivity index (χ0n) is 15.6. The van der Waals surface area contributed by atoms with E-state index in [4.69, 9.17) is 4.74 Å². The Labute approximate surface area is 163 Å². The molecule has 4 rings (SSSR count). The van der Waals surface area contributed by atoms with Gasteiger partial charge in [-0.25, -0.2) is 4.39 Å². The summed E-state index contributed by atoms with van der Waals surface area (Å²) in [6, 6.07) is 10.8. The maximum absolute atomic E-state index is 13.2. The van der Waals surface area contributed by atoms with Gasteiger partial charge in [-0.15, -0.1) is 0 Å². The third kappa shape index (κ3) is 4.44. The van der Waals surface area contributed by atoms with Crippen LogP contribution >= 0.6 is 0 Å². The van der Waals surface area contributed by atoms with Crippen LogP contribution in [0, 0.1) is 5.82 Å². The minimum Gasteiger partial charge on any atom is -0.379 e.